The van der Waals surface area contributed by atoms with Crippen molar-refractivity contribution >= 4 is 0 Å². The maximum absolute atomic E-state index is 10.3. The molecule has 330 valence electrons. The Morgan fingerprint density at radius 2 is 0.952 bits per heavy atom. The van der Waals surface area contributed by atoms with Crippen molar-refractivity contribution in [2.24, 2.45) is 0 Å². The van der Waals surface area contributed by atoms with Gasteiger partial charge in [-0.2, -0.15) is 0 Å². The van der Waals surface area contributed by atoms with Gasteiger partial charge >= 0.3 is 0 Å². The molecule has 63 heavy (non-hydrogen) atoms. The number of benzene rings is 6. The molecule has 0 saturated carbocycles. The van der Waals surface area contributed by atoms with Gasteiger partial charge in [-0.15, -0.1) is 0 Å². The van der Waals surface area contributed by atoms with E-state index in [0.717, 1.165) is 78.0 Å². The number of phenols is 2. The molecule has 0 aromatic heterocycles. The predicted molar refractivity (Wildman–Crippen MR) is 260 cm³/mol. The summed E-state index contributed by atoms with van der Waals surface area (Å²) in [6.45, 7) is 7.41. The van der Waals surface area contributed by atoms with Crippen LogP contribution in [0.4, 0.5) is 0 Å². The van der Waals surface area contributed by atoms with Crippen molar-refractivity contribution in [3.05, 3.63) is 203 Å². The fraction of sp³-hybridized carbons (Fsp3) is 0.357. The number of aromatic hydroxyl groups is 2. The number of likely N-dealkylation sites (N-methyl/N-ethyl adjacent to an activating group) is 1. The summed E-state index contributed by atoms with van der Waals surface area (Å²) in [5, 5.41) is 24.2. The third kappa shape index (κ3) is 14.6. The molecule has 0 radical (unpaired) electrons. The minimum atomic E-state index is 0.169. The molecule has 1 aliphatic heterocycles. The Kier molecular flexibility index (Phi) is 17.4. The van der Waals surface area contributed by atoms with E-state index in [9.17, 15) is 10.2 Å². The van der Waals surface area contributed by atoms with Gasteiger partial charge in [-0.1, -0.05) is 146 Å². The molecule has 0 bridgehead atoms. The molecule has 1 aliphatic rings. The molecule has 1 fully saturated rings. The van der Waals surface area contributed by atoms with Gasteiger partial charge in [-0.3, -0.25) is 14.7 Å². The van der Waals surface area contributed by atoms with Gasteiger partial charge in [0, 0.05) is 63.4 Å². The first-order valence-corrected chi connectivity index (χ1v) is 23.2. The molecule has 7 nitrogen and oxygen atoms in total. The molecule has 3 N–H and O–H groups in total. The van der Waals surface area contributed by atoms with E-state index in [1.54, 1.807) is 12.1 Å². The zero-order valence-electron chi connectivity index (χ0n) is 37.6. The Morgan fingerprint density at radius 3 is 1.51 bits per heavy atom. The smallest absolute Gasteiger partial charge is 0.115 e. The van der Waals surface area contributed by atoms with Crippen LogP contribution in [0.1, 0.15) is 52.6 Å². The molecular weight excluding hydrogens is 775 g/mol. The minimum absolute atomic E-state index is 0.169. The van der Waals surface area contributed by atoms with Gasteiger partial charge in [-0.05, 0) is 123 Å². The summed E-state index contributed by atoms with van der Waals surface area (Å²) < 4.78 is 0. The van der Waals surface area contributed by atoms with Gasteiger partial charge in [0.15, 0.2) is 0 Å². The van der Waals surface area contributed by atoms with E-state index in [2.05, 4.69) is 185 Å². The van der Waals surface area contributed by atoms with Gasteiger partial charge in [0.05, 0.1) is 0 Å². The number of hydrogen-bond acceptors (Lipinski definition) is 7. The standard InChI is InChI=1S/C56H69N5O2/c1-58(2)52(36-47-25-29-55(62)30-26-47)42-60(41-50-27-31-56(63)32-28-50)54(38-46-18-9-4-10-19-46)44-61(40-49-22-13-6-14-23-49)53(37-45-16-7-3-8-17-45)43-59-35-15-24-51(59)33-34-57-39-48-20-11-5-12-21-48/h3-14,16-23,25-32,51-54,57,62-63H,15,24,33-44H2,1-2H3. The van der Waals surface area contributed by atoms with Crippen LogP contribution in [0.15, 0.2) is 170 Å². The molecule has 4 atom stereocenters. The van der Waals surface area contributed by atoms with E-state index in [1.807, 2.05) is 12.1 Å². The van der Waals surface area contributed by atoms with E-state index in [0.29, 0.717) is 11.8 Å². The van der Waals surface area contributed by atoms with Crippen molar-refractivity contribution in [2.75, 3.05) is 46.8 Å². The molecule has 6 aromatic carbocycles. The number of hydrogen-bond donors (Lipinski definition) is 3. The average Bonchev–Trinajstić information content (AvgIpc) is 3.75. The second-order valence-corrected chi connectivity index (χ2v) is 17.9. The van der Waals surface area contributed by atoms with E-state index in [1.165, 1.54) is 46.2 Å². The number of nitrogens with one attached hydrogen (secondary N) is 1. The fourth-order valence-corrected chi connectivity index (χ4v) is 9.42. The summed E-state index contributed by atoms with van der Waals surface area (Å²) in [6.07, 6.45) is 6.37. The molecule has 0 aliphatic carbocycles. The Labute approximate surface area is 377 Å². The summed E-state index contributed by atoms with van der Waals surface area (Å²) in [5.41, 5.74) is 7.77. The zero-order chi connectivity index (χ0) is 43.6. The van der Waals surface area contributed by atoms with Crippen LogP contribution in [0.5, 0.6) is 11.5 Å². The molecular formula is C56H69N5O2. The lowest BCUT2D eigenvalue weighted by Crippen LogP contribution is -2.54. The molecule has 7 rings (SSSR count). The highest BCUT2D eigenvalue weighted by Crippen LogP contribution is 2.26. The SMILES string of the molecule is CN(C)C(Cc1ccc(O)cc1)CN(Cc1ccc(O)cc1)C(Cc1ccccc1)CN(Cc1ccccc1)C(Cc1ccccc1)CN1CCCC1CCNCc1ccccc1. The highest BCUT2D eigenvalue weighted by molar-refractivity contribution is 5.28. The summed E-state index contributed by atoms with van der Waals surface area (Å²) in [4.78, 5) is 10.7. The maximum atomic E-state index is 10.3. The van der Waals surface area contributed by atoms with E-state index in [4.69, 9.17) is 0 Å². The van der Waals surface area contributed by atoms with E-state index in [-0.39, 0.29) is 23.9 Å². The van der Waals surface area contributed by atoms with Crippen LogP contribution >= 0.6 is 0 Å². The summed E-state index contributed by atoms with van der Waals surface area (Å²) in [7, 11) is 4.38. The van der Waals surface area contributed by atoms with Crippen LogP contribution in [0, 0.1) is 0 Å². The quantitative estimate of drug-likeness (QED) is 0.0525. The van der Waals surface area contributed by atoms with Crippen molar-refractivity contribution in [3.8, 4) is 11.5 Å². The largest absolute Gasteiger partial charge is 0.508 e. The molecule has 1 saturated heterocycles. The first-order valence-electron chi connectivity index (χ1n) is 23.2. The highest BCUT2D eigenvalue weighted by Gasteiger charge is 2.33. The van der Waals surface area contributed by atoms with Gasteiger partial charge in [0.2, 0.25) is 0 Å². The monoisotopic (exact) mass is 844 g/mol. The second kappa shape index (κ2) is 24.0. The molecule has 0 amide bonds. The predicted octanol–water partition coefficient (Wildman–Crippen LogP) is 9.44. The Morgan fingerprint density at radius 1 is 0.524 bits per heavy atom. The summed E-state index contributed by atoms with van der Waals surface area (Å²) >= 11 is 0. The minimum Gasteiger partial charge on any atom is -0.508 e. The summed E-state index contributed by atoms with van der Waals surface area (Å²) in [6, 6.07) is 60.7. The number of rotatable bonds is 24. The van der Waals surface area contributed by atoms with Gasteiger partial charge in [0.1, 0.15) is 11.5 Å². The number of phenolic OH excluding ortho intramolecular Hbond substituents is 2. The Bertz CT molecular complexity index is 2150. The van der Waals surface area contributed by atoms with Crippen LogP contribution in [0.25, 0.3) is 0 Å². The van der Waals surface area contributed by atoms with Gasteiger partial charge in [0.25, 0.3) is 0 Å². The molecule has 1 heterocycles. The average molecular weight is 844 g/mol. The first kappa shape index (κ1) is 45.7. The van der Waals surface area contributed by atoms with Crippen molar-refractivity contribution in [1.82, 2.24) is 24.9 Å². The lowest BCUT2D eigenvalue weighted by molar-refractivity contribution is 0.0629. The number of likely N-dealkylation sites (tertiary alicyclic amines) is 1. The normalized spacial score (nSPS) is 15.9. The van der Waals surface area contributed by atoms with Gasteiger partial charge < -0.3 is 20.4 Å². The lowest BCUT2D eigenvalue weighted by Gasteiger charge is -2.42. The Hall–Kier alpha value is -5.28. The molecule has 4 unspecified atom stereocenters. The molecule has 0 spiro atoms. The maximum Gasteiger partial charge on any atom is 0.115 e. The third-order valence-electron chi connectivity index (χ3n) is 13.0. The Balaban J connectivity index is 1.22. The van der Waals surface area contributed by atoms with Crippen LogP contribution in [0.2, 0.25) is 0 Å². The zero-order valence-corrected chi connectivity index (χ0v) is 37.6. The second-order valence-electron chi connectivity index (χ2n) is 17.9. The van der Waals surface area contributed by atoms with Crippen molar-refractivity contribution < 1.29 is 10.2 Å². The van der Waals surface area contributed by atoms with Crippen molar-refractivity contribution in [2.45, 2.75) is 82.3 Å². The van der Waals surface area contributed by atoms with E-state index >= 15 is 0 Å². The lowest BCUT2D eigenvalue weighted by atomic mass is 9.97. The number of nitrogens with zero attached hydrogens (tertiary/aromatic N) is 4. The fourth-order valence-electron chi connectivity index (χ4n) is 9.42. The first-order chi connectivity index (χ1) is 30.8. The topological polar surface area (TPSA) is 65.5 Å². The third-order valence-corrected chi connectivity index (χ3v) is 13.0. The van der Waals surface area contributed by atoms with E-state index < -0.39 is 0 Å². The van der Waals surface area contributed by atoms with Crippen LogP contribution in [-0.4, -0.2) is 101 Å². The highest BCUT2D eigenvalue weighted by atomic mass is 16.3. The summed E-state index contributed by atoms with van der Waals surface area (Å²) in [5.74, 6) is 0.579. The molecule has 7 heteroatoms. The molecule has 6 aromatic rings. The van der Waals surface area contributed by atoms with Crippen molar-refractivity contribution in [3.63, 3.8) is 0 Å². The van der Waals surface area contributed by atoms with Gasteiger partial charge in [-0.25, -0.2) is 0 Å². The van der Waals surface area contributed by atoms with Crippen molar-refractivity contribution in [1.29, 1.82) is 0 Å². The van der Waals surface area contributed by atoms with Crippen LogP contribution in [0.3, 0.4) is 0 Å². The van der Waals surface area contributed by atoms with Crippen LogP contribution in [-0.2, 0) is 38.9 Å². The van der Waals surface area contributed by atoms with Crippen LogP contribution < -0.4 is 5.32 Å².